The Morgan fingerprint density at radius 2 is 1.71 bits per heavy atom. The number of benzene rings is 2. The summed E-state index contributed by atoms with van der Waals surface area (Å²) in [5.41, 5.74) is 2.32. The minimum atomic E-state index is -1.42. The molecule has 0 aliphatic heterocycles. The van der Waals surface area contributed by atoms with Gasteiger partial charge in [0.1, 0.15) is 11.5 Å². The van der Waals surface area contributed by atoms with E-state index in [-0.39, 0.29) is 5.92 Å². The molecule has 0 aliphatic rings. The summed E-state index contributed by atoms with van der Waals surface area (Å²) >= 11 is 0. The highest BCUT2D eigenvalue weighted by atomic mass is 19.1. The summed E-state index contributed by atoms with van der Waals surface area (Å²) in [7, 11) is 0. The van der Waals surface area contributed by atoms with Crippen molar-refractivity contribution in [3.05, 3.63) is 72.1 Å². The second-order valence-electron chi connectivity index (χ2n) is 6.68. The molecule has 1 atom stereocenters. The monoisotopic (exact) mass is 322 g/mol. The van der Waals surface area contributed by atoms with E-state index in [9.17, 15) is 0 Å². The zero-order valence-corrected chi connectivity index (χ0v) is 14.6. The maximum atomic E-state index is 15.4. The molecule has 1 aromatic heterocycles. The fraction of sp³-hybridized carbons (Fsp3) is 0.286. The van der Waals surface area contributed by atoms with Gasteiger partial charge in [-0.1, -0.05) is 56.3 Å². The van der Waals surface area contributed by atoms with Crippen LogP contribution in [0.15, 0.2) is 60.9 Å². The van der Waals surface area contributed by atoms with Crippen molar-refractivity contribution in [3.8, 4) is 17.1 Å². The van der Waals surface area contributed by atoms with Crippen LogP contribution in [0.3, 0.4) is 0 Å². The molecule has 0 N–H and O–H groups in total. The summed E-state index contributed by atoms with van der Waals surface area (Å²) in [6, 6.07) is 15.8. The number of hydrogen-bond acceptors (Lipinski definition) is 1. The van der Waals surface area contributed by atoms with Crippen LogP contribution in [0.5, 0.6) is 0 Å². The first-order chi connectivity index (χ1) is 11.4. The molecule has 1 heterocycles. The van der Waals surface area contributed by atoms with Crippen molar-refractivity contribution < 1.29 is 4.39 Å². The molecule has 2 nitrogen and oxygen atoms in total. The normalized spacial score (nSPS) is 13.9. The molecule has 0 aliphatic carbocycles. The summed E-state index contributed by atoms with van der Waals surface area (Å²) in [6.45, 7) is 7.53. The summed E-state index contributed by atoms with van der Waals surface area (Å²) in [5.74, 6) is 0.643. The highest BCUT2D eigenvalue weighted by Crippen LogP contribution is 2.39. The molecule has 0 radical (unpaired) electrons. The fourth-order valence-electron chi connectivity index (χ4n) is 2.95. The first kappa shape index (κ1) is 16.4. The number of alkyl halides is 1. The number of para-hydroxylation sites is 1. The highest BCUT2D eigenvalue weighted by molar-refractivity contribution is 5.65. The molecule has 3 rings (SSSR count). The first-order valence-electron chi connectivity index (χ1n) is 8.31. The fourth-order valence-corrected chi connectivity index (χ4v) is 2.95. The lowest BCUT2D eigenvalue weighted by atomic mass is 9.84. The molecule has 0 saturated heterocycles. The number of halogens is 1. The molecule has 0 spiro atoms. The summed E-state index contributed by atoms with van der Waals surface area (Å²) in [4.78, 5) is 4.53. The van der Waals surface area contributed by atoms with Crippen LogP contribution in [0.1, 0.15) is 31.9 Å². The molecule has 0 amide bonds. The largest absolute Gasteiger partial charge is 0.300 e. The third-order valence-electron chi connectivity index (χ3n) is 4.79. The smallest absolute Gasteiger partial charge is 0.144 e. The minimum Gasteiger partial charge on any atom is -0.300 e. The molecule has 1 unspecified atom stereocenters. The van der Waals surface area contributed by atoms with Gasteiger partial charge in [0.25, 0.3) is 0 Å². The van der Waals surface area contributed by atoms with Crippen LogP contribution in [-0.2, 0) is 5.67 Å². The van der Waals surface area contributed by atoms with Gasteiger partial charge in [0.05, 0.1) is 0 Å². The molecule has 0 bridgehead atoms. The van der Waals surface area contributed by atoms with Crippen LogP contribution in [0, 0.1) is 12.8 Å². The third kappa shape index (κ3) is 2.75. The summed E-state index contributed by atoms with van der Waals surface area (Å²) < 4.78 is 17.4. The highest BCUT2D eigenvalue weighted by Gasteiger charge is 2.33. The van der Waals surface area contributed by atoms with E-state index in [0.717, 1.165) is 22.6 Å². The van der Waals surface area contributed by atoms with E-state index in [0.29, 0.717) is 5.56 Å². The van der Waals surface area contributed by atoms with Crippen molar-refractivity contribution in [1.29, 1.82) is 0 Å². The minimum absolute atomic E-state index is 0.125. The molecule has 0 saturated carbocycles. The predicted molar refractivity (Wildman–Crippen MR) is 97.0 cm³/mol. The lowest BCUT2D eigenvalue weighted by molar-refractivity contribution is 0.124. The van der Waals surface area contributed by atoms with E-state index in [4.69, 9.17) is 0 Å². The standard InChI is InChI=1S/C21H23FN2/c1-15(2)21(4,22)18-11-7-6-10-17(18)20-23-13-14-24(20)19-12-8-5-9-16(19)3/h5-15H,1-4H3. The van der Waals surface area contributed by atoms with Crippen LogP contribution < -0.4 is 0 Å². The lowest BCUT2D eigenvalue weighted by Crippen LogP contribution is -2.23. The van der Waals surface area contributed by atoms with Crippen molar-refractivity contribution in [2.24, 2.45) is 5.92 Å². The molecular formula is C21H23FN2. The molecular weight excluding hydrogens is 299 g/mol. The number of imidazole rings is 1. The SMILES string of the molecule is Cc1ccccc1-n1ccnc1-c1ccccc1C(C)(F)C(C)C. The molecule has 24 heavy (non-hydrogen) atoms. The van der Waals surface area contributed by atoms with E-state index < -0.39 is 5.67 Å². The van der Waals surface area contributed by atoms with E-state index in [2.05, 4.69) is 24.0 Å². The number of aryl methyl sites for hydroxylation is 1. The second kappa shape index (κ2) is 6.23. The Bertz CT molecular complexity index is 846. The Kier molecular flexibility index (Phi) is 4.27. The van der Waals surface area contributed by atoms with Crippen LogP contribution >= 0.6 is 0 Å². The quantitative estimate of drug-likeness (QED) is 0.603. The van der Waals surface area contributed by atoms with Crippen molar-refractivity contribution in [2.75, 3.05) is 0 Å². The van der Waals surface area contributed by atoms with Crippen molar-refractivity contribution in [2.45, 2.75) is 33.4 Å². The maximum absolute atomic E-state index is 15.4. The van der Waals surface area contributed by atoms with Gasteiger partial charge < -0.3 is 0 Å². The van der Waals surface area contributed by atoms with Gasteiger partial charge >= 0.3 is 0 Å². The van der Waals surface area contributed by atoms with Crippen LogP contribution in [0.25, 0.3) is 17.1 Å². The third-order valence-corrected chi connectivity index (χ3v) is 4.79. The van der Waals surface area contributed by atoms with Crippen molar-refractivity contribution in [3.63, 3.8) is 0 Å². The van der Waals surface area contributed by atoms with Crippen molar-refractivity contribution >= 4 is 0 Å². The van der Waals surface area contributed by atoms with Gasteiger partial charge in [0.2, 0.25) is 0 Å². The molecule has 3 aromatic rings. The summed E-state index contributed by atoms with van der Waals surface area (Å²) in [5, 5.41) is 0. The molecule has 3 heteroatoms. The van der Waals surface area contributed by atoms with Gasteiger partial charge in [0, 0.05) is 23.6 Å². The average molecular weight is 322 g/mol. The summed E-state index contributed by atoms with van der Waals surface area (Å²) in [6.07, 6.45) is 3.70. The van der Waals surface area contributed by atoms with E-state index in [1.165, 1.54) is 0 Å². The van der Waals surface area contributed by atoms with Gasteiger partial charge in [-0.3, -0.25) is 4.57 Å². The molecule has 0 fully saturated rings. The van der Waals surface area contributed by atoms with Gasteiger partial charge in [-0.15, -0.1) is 0 Å². The Hall–Kier alpha value is -2.42. The zero-order chi connectivity index (χ0) is 17.3. The number of aromatic nitrogens is 2. The Morgan fingerprint density at radius 3 is 2.42 bits per heavy atom. The van der Waals surface area contributed by atoms with E-state index >= 15 is 4.39 Å². The van der Waals surface area contributed by atoms with Crippen LogP contribution in [0.2, 0.25) is 0 Å². The number of nitrogens with zero attached hydrogens (tertiary/aromatic N) is 2. The number of hydrogen-bond donors (Lipinski definition) is 0. The Morgan fingerprint density at radius 1 is 1.04 bits per heavy atom. The topological polar surface area (TPSA) is 17.8 Å². The zero-order valence-electron chi connectivity index (χ0n) is 14.6. The first-order valence-corrected chi connectivity index (χ1v) is 8.31. The van der Waals surface area contributed by atoms with Gasteiger partial charge in [-0.2, -0.15) is 0 Å². The Balaban J connectivity index is 2.20. The van der Waals surface area contributed by atoms with Crippen molar-refractivity contribution in [1.82, 2.24) is 9.55 Å². The molecule has 124 valence electrons. The number of rotatable bonds is 4. The lowest BCUT2D eigenvalue weighted by Gasteiger charge is -2.27. The average Bonchev–Trinajstić information content (AvgIpc) is 3.04. The molecule has 2 aromatic carbocycles. The van der Waals surface area contributed by atoms with E-state index in [1.54, 1.807) is 13.1 Å². The van der Waals surface area contributed by atoms with E-state index in [1.807, 2.05) is 61.0 Å². The van der Waals surface area contributed by atoms with Crippen LogP contribution in [0.4, 0.5) is 4.39 Å². The maximum Gasteiger partial charge on any atom is 0.144 e. The van der Waals surface area contributed by atoms with Gasteiger partial charge in [-0.25, -0.2) is 9.37 Å². The Labute approximate surface area is 143 Å². The second-order valence-corrected chi connectivity index (χ2v) is 6.68. The van der Waals surface area contributed by atoms with Gasteiger partial charge in [-0.05, 0) is 37.0 Å². The van der Waals surface area contributed by atoms with Crippen LogP contribution in [-0.4, -0.2) is 9.55 Å². The predicted octanol–water partition coefficient (Wildman–Crippen LogP) is 5.69. The van der Waals surface area contributed by atoms with Gasteiger partial charge in [0.15, 0.2) is 0 Å².